The molecule has 2 fully saturated rings. The highest BCUT2D eigenvalue weighted by Gasteiger charge is 2.31. The van der Waals surface area contributed by atoms with Crippen LogP contribution in [0.2, 0.25) is 0 Å². The first-order valence-electron chi connectivity index (χ1n) is 7.70. The van der Waals surface area contributed by atoms with Crippen molar-refractivity contribution >= 4 is 0 Å². The average molecular weight is 258 g/mol. The molecule has 1 aliphatic carbocycles. The molecule has 0 aromatic heterocycles. The van der Waals surface area contributed by atoms with Crippen molar-refractivity contribution in [3.05, 3.63) is 35.4 Å². The van der Waals surface area contributed by atoms with Crippen LogP contribution in [-0.2, 0) is 13.1 Å². The fourth-order valence-electron chi connectivity index (χ4n) is 3.09. The van der Waals surface area contributed by atoms with Gasteiger partial charge in [-0.1, -0.05) is 24.3 Å². The minimum absolute atomic E-state index is 0.372. The van der Waals surface area contributed by atoms with Crippen LogP contribution in [0.3, 0.4) is 0 Å². The minimum Gasteiger partial charge on any atom is -0.310 e. The van der Waals surface area contributed by atoms with Crippen molar-refractivity contribution in [2.75, 3.05) is 6.54 Å². The molecule has 2 heteroatoms. The second-order valence-electron chi connectivity index (χ2n) is 6.76. The Hall–Kier alpha value is -0.860. The van der Waals surface area contributed by atoms with Gasteiger partial charge in [0.15, 0.2) is 0 Å². The van der Waals surface area contributed by atoms with Crippen LogP contribution in [0, 0.1) is 0 Å². The van der Waals surface area contributed by atoms with E-state index in [0.29, 0.717) is 5.54 Å². The van der Waals surface area contributed by atoms with E-state index >= 15 is 0 Å². The lowest BCUT2D eigenvalue weighted by molar-refractivity contribution is 0.166. The highest BCUT2D eigenvalue weighted by molar-refractivity contribution is 5.27. The van der Waals surface area contributed by atoms with Gasteiger partial charge in [0, 0.05) is 24.7 Å². The maximum absolute atomic E-state index is 3.64. The summed E-state index contributed by atoms with van der Waals surface area (Å²) in [5.41, 5.74) is 3.36. The van der Waals surface area contributed by atoms with Gasteiger partial charge >= 0.3 is 0 Å². The lowest BCUT2D eigenvalue weighted by Gasteiger charge is -2.32. The fraction of sp³-hybridized carbons (Fsp3) is 0.647. The van der Waals surface area contributed by atoms with Crippen molar-refractivity contribution in [2.45, 2.75) is 64.2 Å². The van der Waals surface area contributed by atoms with Gasteiger partial charge in [-0.3, -0.25) is 4.90 Å². The van der Waals surface area contributed by atoms with Gasteiger partial charge in [0.25, 0.3) is 0 Å². The first kappa shape index (κ1) is 13.1. The lowest BCUT2D eigenvalue weighted by Crippen LogP contribution is -2.37. The van der Waals surface area contributed by atoms with Gasteiger partial charge < -0.3 is 5.32 Å². The van der Waals surface area contributed by atoms with Crippen LogP contribution in [0.15, 0.2) is 24.3 Å². The Balaban J connectivity index is 1.68. The maximum Gasteiger partial charge on any atom is 0.0242 e. The smallest absolute Gasteiger partial charge is 0.0242 e. The quantitative estimate of drug-likeness (QED) is 0.871. The van der Waals surface area contributed by atoms with Gasteiger partial charge in [-0.25, -0.2) is 0 Å². The predicted molar refractivity (Wildman–Crippen MR) is 80.0 cm³/mol. The standard InChI is InChI=1S/C17H26N2/c1-17(2)10-5-11-19(17)13-15-7-4-3-6-14(15)12-18-16-8-9-16/h3-4,6-7,16,18H,5,8-13H2,1-2H3. The molecule has 1 saturated heterocycles. The van der Waals surface area contributed by atoms with Crippen molar-refractivity contribution in [1.29, 1.82) is 0 Å². The van der Waals surface area contributed by atoms with Crippen molar-refractivity contribution in [3.8, 4) is 0 Å². The Morgan fingerprint density at radius 1 is 1.21 bits per heavy atom. The van der Waals surface area contributed by atoms with Gasteiger partial charge in [0.05, 0.1) is 0 Å². The average Bonchev–Trinajstić information content (AvgIpc) is 3.15. The molecule has 0 bridgehead atoms. The molecule has 1 N–H and O–H groups in total. The van der Waals surface area contributed by atoms with E-state index in [1.54, 1.807) is 0 Å². The second kappa shape index (κ2) is 5.26. The van der Waals surface area contributed by atoms with Crippen LogP contribution < -0.4 is 5.32 Å². The summed E-state index contributed by atoms with van der Waals surface area (Å²) >= 11 is 0. The van der Waals surface area contributed by atoms with Crippen LogP contribution in [-0.4, -0.2) is 23.0 Å². The van der Waals surface area contributed by atoms with Crippen LogP contribution in [0.5, 0.6) is 0 Å². The van der Waals surface area contributed by atoms with Gasteiger partial charge in [0.1, 0.15) is 0 Å². The first-order chi connectivity index (χ1) is 9.15. The molecule has 0 radical (unpaired) electrons. The minimum atomic E-state index is 0.372. The van der Waals surface area contributed by atoms with Crippen LogP contribution >= 0.6 is 0 Å². The molecule has 1 saturated carbocycles. The summed E-state index contributed by atoms with van der Waals surface area (Å²) in [5.74, 6) is 0. The predicted octanol–water partition coefficient (Wildman–Crippen LogP) is 3.31. The van der Waals surface area contributed by atoms with Crippen molar-refractivity contribution in [3.63, 3.8) is 0 Å². The molecule has 1 heterocycles. The summed E-state index contributed by atoms with van der Waals surface area (Å²) in [4.78, 5) is 2.64. The molecule has 0 atom stereocenters. The zero-order valence-electron chi connectivity index (χ0n) is 12.3. The zero-order chi connectivity index (χ0) is 13.3. The molecule has 1 aromatic carbocycles. The van der Waals surface area contributed by atoms with Gasteiger partial charge in [-0.05, 0) is 57.2 Å². The molecule has 0 unspecified atom stereocenters. The molecule has 2 aliphatic rings. The summed E-state index contributed by atoms with van der Waals surface area (Å²) in [6.45, 7) is 8.15. The normalized spacial score (nSPS) is 22.8. The molecule has 1 aromatic rings. The maximum atomic E-state index is 3.64. The topological polar surface area (TPSA) is 15.3 Å². The highest BCUT2D eigenvalue weighted by atomic mass is 15.2. The largest absolute Gasteiger partial charge is 0.310 e. The first-order valence-corrected chi connectivity index (χ1v) is 7.70. The summed E-state index contributed by atoms with van der Waals surface area (Å²) < 4.78 is 0. The van der Waals surface area contributed by atoms with Crippen molar-refractivity contribution in [1.82, 2.24) is 10.2 Å². The third-order valence-corrected chi connectivity index (χ3v) is 4.71. The number of nitrogens with zero attached hydrogens (tertiary/aromatic N) is 1. The molecule has 0 spiro atoms. The number of benzene rings is 1. The zero-order valence-corrected chi connectivity index (χ0v) is 12.3. The number of nitrogens with one attached hydrogen (secondary N) is 1. The molecular weight excluding hydrogens is 232 g/mol. The third-order valence-electron chi connectivity index (χ3n) is 4.71. The molecule has 0 amide bonds. The monoisotopic (exact) mass is 258 g/mol. The second-order valence-corrected chi connectivity index (χ2v) is 6.76. The van der Waals surface area contributed by atoms with E-state index in [0.717, 1.165) is 19.1 Å². The summed E-state index contributed by atoms with van der Waals surface area (Å²) in [7, 11) is 0. The van der Waals surface area contributed by atoms with Crippen molar-refractivity contribution < 1.29 is 0 Å². The Morgan fingerprint density at radius 3 is 2.58 bits per heavy atom. The van der Waals surface area contributed by atoms with Gasteiger partial charge in [-0.2, -0.15) is 0 Å². The number of hydrogen-bond acceptors (Lipinski definition) is 2. The number of likely N-dealkylation sites (tertiary alicyclic amines) is 1. The summed E-state index contributed by atoms with van der Waals surface area (Å²) in [5, 5.41) is 3.64. The van der Waals surface area contributed by atoms with Gasteiger partial charge in [-0.15, -0.1) is 0 Å². The molecule has 3 rings (SSSR count). The van der Waals surface area contributed by atoms with Crippen LogP contribution in [0.1, 0.15) is 50.7 Å². The van der Waals surface area contributed by atoms with Crippen molar-refractivity contribution in [2.24, 2.45) is 0 Å². The molecular formula is C17H26N2. The lowest BCUT2D eigenvalue weighted by atomic mass is 10.0. The SMILES string of the molecule is CC1(C)CCCN1Cc1ccccc1CNC1CC1. The third kappa shape index (κ3) is 3.18. The Bertz CT molecular complexity index is 435. The van der Waals surface area contributed by atoms with E-state index in [9.17, 15) is 0 Å². The fourth-order valence-corrected chi connectivity index (χ4v) is 3.09. The molecule has 1 aliphatic heterocycles. The summed E-state index contributed by atoms with van der Waals surface area (Å²) in [6.07, 6.45) is 5.40. The Labute approximate surface area is 117 Å². The van der Waals surface area contributed by atoms with E-state index in [1.165, 1.54) is 43.4 Å². The van der Waals surface area contributed by atoms with E-state index in [4.69, 9.17) is 0 Å². The Morgan fingerprint density at radius 2 is 1.95 bits per heavy atom. The number of hydrogen-bond donors (Lipinski definition) is 1. The highest BCUT2D eigenvalue weighted by Crippen LogP contribution is 2.30. The van der Waals surface area contributed by atoms with Gasteiger partial charge in [0.2, 0.25) is 0 Å². The number of rotatable bonds is 5. The van der Waals surface area contributed by atoms with Crippen LogP contribution in [0.25, 0.3) is 0 Å². The Kier molecular flexibility index (Phi) is 3.64. The molecule has 2 nitrogen and oxygen atoms in total. The van der Waals surface area contributed by atoms with E-state index < -0.39 is 0 Å². The summed E-state index contributed by atoms with van der Waals surface area (Å²) in [6, 6.07) is 9.73. The van der Waals surface area contributed by atoms with E-state index in [-0.39, 0.29) is 0 Å². The van der Waals surface area contributed by atoms with Crippen LogP contribution in [0.4, 0.5) is 0 Å². The van der Waals surface area contributed by atoms with E-state index in [2.05, 4.69) is 48.3 Å². The molecule has 104 valence electrons. The van der Waals surface area contributed by atoms with E-state index in [1.807, 2.05) is 0 Å². The molecule has 19 heavy (non-hydrogen) atoms.